The summed E-state index contributed by atoms with van der Waals surface area (Å²) in [6.07, 6.45) is 4.77. The Labute approximate surface area is 91.0 Å². The van der Waals surface area contributed by atoms with Gasteiger partial charge in [0.1, 0.15) is 0 Å². The molecule has 1 fully saturated rings. The zero-order valence-electron chi connectivity index (χ0n) is 8.00. The summed E-state index contributed by atoms with van der Waals surface area (Å²) in [5.41, 5.74) is 2.56. The average molecular weight is 251 g/mol. The summed E-state index contributed by atoms with van der Waals surface area (Å²) in [6.45, 7) is 0. The van der Waals surface area contributed by atoms with Crippen LogP contribution in [0.1, 0.15) is 24.3 Å². The Balaban J connectivity index is 2.35. The van der Waals surface area contributed by atoms with E-state index in [1.807, 2.05) is 11.7 Å². The number of aryl methyl sites for hydroxylation is 1. The lowest BCUT2D eigenvalue weighted by molar-refractivity contribution is 0.779. The second kappa shape index (κ2) is 2.83. The van der Waals surface area contributed by atoms with Crippen LogP contribution in [0.2, 0.25) is 0 Å². The quantitative estimate of drug-likeness (QED) is 0.760. The normalized spacial score (nSPS) is 16.4. The fraction of sp³-hybridized carbons (Fsp3) is 0.364. The molecule has 14 heavy (non-hydrogen) atoms. The number of fused-ring (bicyclic) bond motifs is 1. The molecule has 3 rings (SSSR count). The van der Waals surface area contributed by atoms with E-state index >= 15 is 0 Å². The maximum atomic E-state index is 4.42. The third-order valence-corrected chi connectivity index (χ3v) is 3.47. The van der Waals surface area contributed by atoms with E-state index in [4.69, 9.17) is 0 Å². The number of hydrogen-bond acceptors (Lipinski definition) is 1. The Morgan fingerprint density at radius 3 is 2.93 bits per heavy atom. The molecule has 0 saturated heterocycles. The van der Waals surface area contributed by atoms with E-state index < -0.39 is 0 Å². The summed E-state index contributed by atoms with van der Waals surface area (Å²) in [7, 11) is 1.98. The third-order valence-electron chi connectivity index (χ3n) is 2.78. The molecule has 3 heteroatoms. The molecule has 0 bridgehead atoms. The topological polar surface area (TPSA) is 17.8 Å². The fourth-order valence-corrected chi connectivity index (χ4v) is 2.66. The predicted molar refractivity (Wildman–Crippen MR) is 60.4 cm³/mol. The van der Waals surface area contributed by atoms with Gasteiger partial charge in [0.05, 0.1) is 5.52 Å². The van der Waals surface area contributed by atoms with Gasteiger partial charge in [-0.3, -0.25) is 4.68 Å². The van der Waals surface area contributed by atoms with Crippen LogP contribution in [-0.2, 0) is 7.05 Å². The van der Waals surface area contributed by atoms with Crippen molar-refractivity contribution in [3.8, 4) is 0 Å². The van der Waals surface area contributed by atoms with Crippen LogP contribution in [-0.4, -0.2) is 9.78 Å². The molecule has 2 aromatic rings. The van der Waals surface area contributed by atoms with Gasteiger partial charge >= 0.3 is 0 Å². The summed E-state index contributed by atoms with van der Waals surface area (Å²) in [6, 6.07) is 4.19. The lowest BCUT2D eigenvalue weighted by atomic mass is 10.1. The van der Waals surface area contributed by atoms with Gasteiger partial charge in [0, 0.05) is 23.1 Å². The second-order valence-corrected chi connectivity index (χ2v) is 4.83. The van der Waals surface area contributed by atoms with Crippen molar-refractivity contribution in [3.05, 3.63) is 28.4 Å². The van der Waals surface area contributed by atoms with Crippen LogP contribution in [0.15, 0.2) is 22.8 Å². The Kier molecular flexibility index (Phi) is 1.71. The van der Waals surface area contributed by atoms with Gasteiger partial charge in [-0.1, -0.05) is 15.9 Å². The van der Waals surface area contributed by atoms with E-state index in [0.717, 1.165) is 11.4 Å². The summed E-state index contributed by atoms with van der Waals surface area (Å²) in [5, 5.41) is 5.73. The summed E-state index contributed by atoms with van der Waals surface area (Å²) < 4.78 is 3.13. The SMILES string of the molecule is Cn1cc2c(C3CC3)c(Br)ccc2n1. The highest BCUT2D eigenvalue weighted by Gasteiger charge is 2.27. The van der Waals surface area contributed by atoms with Crippen LogP contribution < -0.4 is 0 Å². The van der Waals surface area contributed by atoms with Gasteiger partial charge in [-0.15, -0.1) is 0 Å². The number of rotatable bonds is 1. The third kappa shape index (κ3) is 1.19. The first-order valence-corrected chi connectivity index (χ1v) is 5.67. The van der Waals surface area contributed by atoms with Crippen molar-refractivity contribution in [2.45, 2.75) is 18.8 Å². The molecule has 1 heterocycles. The predicted octanol–water partition coefficient (Wildman–Crippen LogP) is 3.21. The maximum Gasteiger partial charge on any atom is 0.0926 e. The van der Waals surface area contributed by atoms with Crippen LogP contribution in [0.25, 0.3) is 10.9 Å². The molecule has 0 atom stereocenters. The Hall–Kier alpha value is -0.830. The first-order chi connectivity index (χ1) is 6.75. The number of hydrogen-bond donors (Lipinski definition) is 0. The molecule has 0 amide bonds. The molecule has 0 unspecified atom stereocenters. The smallest absolute Gasteiger partial charge is 0.0926 e. The van der Waals surface area contributed by atoms with Crippen molar-refractivity contribution >= 4 is 26.8 Å². The van der Waals surface area contributed by atoms with Gasteiger partial charge < -0.3 is 0 Å². The van der Waals surface area contributed by atoms with Gasteiger partial charge in [-0.25, -0.2) is 0 Å². The molecule has 0 radical (unpaired) electrons. The lowest BCUT2D eigenvalue weighted by Gasteiger charge is -2.02. The molecule has 1 aliphatic carbocycles. The van der Waals surface area contributed by atoms with Gasteiger partial charge in [0.15, 0.2) is 0 Å². The number of benzene rings is 1. The minimum absolute atomic E-state index is 0.761. The molecule has 0 N–H and O–H groups in total. The van der Waals surface area contributed by atoms with Crippen molar-refractivity contribution in [2.24, 2.45) is 7.05 Å². The highest BCUT2D eigenvalue weighted by molar-refractivity contribution is 9.10. The van der Waals surface area contributed by atoms with E-state index in [-0.39, 0.29) is 0 Å². The van der Waals surface area contributed by atoms with Crippen LogP contribution in [0.4, 0.5) is 0 Å². The lowest BCUT2D eigenvalue weighted by Crippen LogP contribution is -1.84. The van der Waals surface area contributed by atoms with Crippen LogP contribution in [0, 0.1) is 0 Å². The van der Waals surface area contributed by atoms with Crippen LogP contribution in [0.3, 0.4) is 0 Å². The first kappa shape index (κ1) is 8.48. The fourth-order valence-electron chi connectivity index (χ4n) is 1.99. The minimum Gasteiger partial charge on any atom is -0.275 e. The second-order valence-electron chi connectivity index (χ2n) is 3.97. The Morgan fingerprint density at radius 1 is 1.43 bits per heavy atom. The molecule has 1 saturated carbocycles. The molecular formula is C11H11BrN2. The Morgan fingerprint density at radius 2 is 2.21 bits per heavy atom. The van der Waals surface area contributed by atoms with Crippen molar-refractivity contribution in [1.29, 1.82) is 0 Å². The van der Waals surface area contributed by atoms with Gasteiger partial charge in [0.25, 0.3) is 0 Å². The van der Waals surface area contributed by atoms with E-state index in [2.05, 4.69) is 39.4 Å². The molecule has 72 valence electrons. The molecule has 1 aromatic carbocycles. The molecule has 2 nitrogen and oxygen atoms in total. The zero-order valence-corrected chi connectivity index (χ0v) is 9.58. The van der Waals surface area contributed by atoms with Crippen molar-refractivity contribution in [1.82, 2.24) is 9.78 Å². The largest absolute Gasteiger partial charge is 0.275 e. The van der Waals surface area contributed by atoms with E-state index in [1.54, 1.807) is 0 Å². The Bertz CT molecular complexity index is 497. The molecule has 1 aliphatic rings. The van der Waals surface area contributed by atoms with Crippen molar-refractivity contribution in [3.63, 3.8) is 0 Å². The standard InChI is InChI=1S/C11H11BrN2/c1-14-6-8-10(13-14)5-4-9(12)11(8)7-2-3-7/h4-7H,2-3H2,1H3. The number of aromatic nitrogens is 2. The van der Waals surface area contributed by atoms with Crippen molar-refractivity contribution in [2.75, 3.05) is 0 Å². The van der Waals surface area contributed by atoms with E-state index in [1.165, 1.54) is 28.3 Å². The summed E-state index contributed by atoms with van der Waals surface area (Å²) in [5.74, 6) is 0.761. The average Bonchev–Trinajstić information content (AvgIpc) is 2.88. The van der Waals surface area contributed by atoms with Gasteiger partial charge in [-0.05, 0) is 36.5 Å². The maximum absolute atomic E-state index is 4.42. The summed E-state index contributed by atoms with van der Waals surface area (Å²) >= 11 is 3.63. The van der Waals surface area contributed by atoms with Crippen molar-refractivity contribution < 1.29 is 0 Å². The summed E-state index contributed by atoms with van der Waals surface area (Å²) in [4.78, 5) is 0. The number of nitrogens with zero attached hydrogens (tertiary/aromatic N) is 2. The zero-order chi connectivity index (χ0) is 9.71. The molecular weight excluding hydrogens is 240 g/mol. The van der Waals surface area contributed by atoms with E-state index in [0.29, 0.717) is 0 Å². The first-order valence-electron chi connectivity index (χ1n) is 4.87. The van der Waals surface area contributed by atoms with Gasteiger partial charge in [0.2, 0.25) is 0 Å². The van der Waals surface area contributed by atoms with Crippen LogP contribution in [0.5, 0.6) is 0 Å². The molecule has 1 aromatic heterocycles. The number of halogens is 1. The highest BCUT2D eigenvalue weighted by Crippen LogP contribution is 2.46. The van der Waals surface area contributed by atoms with E-state index in [9.17, 15) is 0 Å². The highest BCUT2D eigenvalue weighted by atomic mass is 79.9. The van der Waals surface area contributed by atoms with Gasteiger partial charge in [-0.2, -0.15) is 5.10 Å². The minimum atomic E-state index is 0.761. The molecule has 0 aliphatic heterocycles. The van der Waals surface area contributed by atoms with Crippen LogP contribution >= 0.6 is 15.9 Å². The molecule has 0 spiro atoms. The monoisotopic (exact) mass is 250 g/mol.